The van der Waals surface area contributed by atoms with Gasteiger partial charge in [-0.05, 0) is 70.7 Å². The van der Waals surface area contributed by atoms with E-state index in [-0.39, 0.29) is 34.1 Å². The Labute approximate surface area is 249 Å². The Morgan fingerprint density at radius 2 is 1.80 bits per heavy atom. The van der Waals surface area contributed by atoms with Gasteiger partial charge in [0.2, 0.25) is 5.95 Å². The monoisotopic (exact) mass is 612 g/mol. The van der Waals surface area contributed by atoms with Crippen LogP contribution in [0.25, 0.3) is 0 Å². The third kappa shape index (κ3) is 8.81. The summed E-state index contributed by atoms with van der Waals surface area (Å²) in [6, 6.07) is 10.6. The molecule has 4 rings (SSSR count). The highest BCUT2D eigenvalue weighted by atomic mass is 35.5. The first-order valence-corrected chi connectivity index (χ1v) is 14.2. The van der Waals surface area contributed by atoms with E-state index in [0.717, 1.165) is 18.4 Å². The van der Waals surface area contributed by atoms with Gasteiger partial charge < -0.3 is 24.0 Å². The van der Waals surface area contributed by atoms with Gasteiger partial charge in [-0.1, -0.05) is 17.7 Å². The average Bonchev–Trinajstić information content (AvgIpc) is 3.40. The van der Waals surface area contributed by atoms with Crippen LogP contribution in [0.1, 0.15) is 18.9 Å². The van der Waals surface area contributed by atoms with Crippen LogP contribution >= 0.6 is 23.5 Å². The summed E-state index contributed by atoms with van der Waals surface area (Å²) < 4.78 is 62.8. The summed E-state index contributed by atoms with van der Waals surface area (Å²) in [4.78, 5) is 7.41. The van der Waals surface area contributed by atoms with Gasteiger partial charge in [0.1, 0.15) is 33.1 Å². The Balaban J connectivity index is 0.00000108. The lowest BCUT2D eigenvalue weighted by Crippen LogP contribution is -2.24. The molecule has 41 heavy (non-hydrogen) atoms. The van der Waals surface area contributed by atoms with Gasteiger partial charge in [-0.25, -0.2) is 13.8 Å². The molecule has 0 aliphatic carbocycles. The van der Waals surface area contributed by atoms with Gasteiger partial charge in [0.05, 0.1) is 32.6 Å². The van der Waals surface area contributed by atoms with Gasteiger partial charge in [0, 0.05) is 37.4 Å². The van der Waals surface area contributed by atoms with Gasteiger partial charge in [0.15, 0.2) is 5.82 Å². The summed E-state index contributed by atoms with van der Waals surface area (Å²) in [6.07, 6.45) is 0.724. The summed E-state index contributed by atoms with van der Waals surface area (Å²) in [6.45, 7) is 3.63. The van der Waals surface area contributed by atoms with Gasteiger partial charge in [-0.2, -0.15) is 4.39 Å². The molecule has 2 aromatic carbocycles. The highest BCUT2D eigenvalue weighted by Gasteiger charge is 2.29. The van der Waals surface area contributed by atoms with E-state index < -0.39 is 17.6 Å². The van der Waals surface area contributed by atoms with E-state index in [1.165, 1.54) is 36.7 Å². The van der Waals surface area contributed by atoms with Crippen LogP contribution in [0.2, 0.25) is 5.02 Å². The molecule has 1 unspecified atom stereocenters. The van der Waals surface area contributed by atoms with E-state index in [2.05, 4.69) is 4.98 Å². The molecule has 1 aliphatic rings. The van der Waals surface area contributed by atoms with Crippen LogP contribution in [0, 0.1) is 17.6 Å². The molecule has 0 N–H and O–H groups in total. The average molecular weight is 613 g/mol. The summed E-state index contributed by atoms with van der Waals surface area (Å²) >= 11 is 7.15. The van der Waals surface area contributed by atoms with Gasteiger partial charge in [-0.3, -0.25) is 4.31 Å². The molecule has 1 atom stereocenters. The van der Waals surface area contributed by atoms with Crippen LogP contribution in [0.4, 0.5) is 24.7 Å². The van der Waals surface area contributed by atoms with Gasteiger partial charge in [-0.15, -0.1) is 0 Å². The number of pyridine rings is 1. The maximum atomic E-state index is 15.5. The molecule has 0 amide bonds. The largest absolute Gasteiger partial charge is 0.497 e. The molecule has 12 heteroatoms. The molecule has 2 heterocycles. The second kappa shape index (κ2) is 15.4. The first-order chi connectivity index (χ1) is 19.6. The summed E-state index contributed by atoms with van der Waals surface area (Å²) in [7, 11) is 9.04. The fourth-order valence-corrected chi connectivity index (χ4v) is 5.41. The quantitative estimate of drug-likeness (QED) is 0.143. The fraction of sp³-hybridized carbons (Fsp3) is 0.414. The molecule has 0 spiro atoms. The Bertz CT molecular complexity index is 1300. The van der Waals surface area contributed by atoms with Crippen molar-refractivity contribution in [3.8, 4) is 11.5 Å². The number of halogens is 4. The van der Waals surface area contributed by atoms with E-state index in [1.54, 1.807) is 24.3 Å². The highest BCUT2D eigenvalue weighted by molar-refractivity contribution is 8.00. The molecule has 224 valence electrons. The van der Waals surface area contributed by atoms with Crippen LogP contribution in [0.3, 0.4) is 0 Å². The number of methoxy groups -OCH3 is 2. The van der Waals surface area contributed by atoms with Crippen molar-refractivity contribution in [1.29, 1.82) is 0 Å². The van der Waals surface area contributed by atoms with Gasteiger partial charge in [0.25, 0.3) is 0 Å². The summed E-state index contributed by atoms with van der Waals surface area (Å²) in [5, 5.41) is -0.185. The number of nitrogens with zero attached hydrogens (tertiary/aromatic N) is 4. The maximum Gasteiger partial charge on any atom is 0.214 e. The zero-order valence-electron chi connectivity index (χ0n) is 24.1. The first-order valence-electron chi connectivity index (χ1n) is 13.0. The summed E-state index contributed by atoms with van der Waals surface area (Å²) in [5.41, 5.74) is 0.944. The van der Waals surface area contributed by atoms with Gasteiger partial charge >= 0.3 is 0 Å². The minimum Gasteiger partial charge on any atom is -0.497 e. The van der Waals surface area contributed by atoms with Crippen molar-refractivity contribution in [3.63, 3.8) is 0 Å². The third-order valence-electron chi connectivity index (χ3n) is 5.95. The molecular formula is C29H36ClF3N4O3S. The standard InChI is InChI=1S/C26H27ClF3N3O3S.C3H9N/c1-4-36-18-10-11-32(15-18)20-13-19(28)26(25(30)24(20)27)37-33(23-7-5-6-22(29)31-23)14-16-8-9-17(34-2)12-21(16)35-3;1-4(2)3/h5-9,12-13,18H,4,10-11,14-15H2,1-3H3;1-3H3. The molecule has 1 saturated heterocycles. The smallest absolute Gasteiger partial charge is 0.214 e. The molecule has 0 radical (unpaired) electrons. The highest BCUT2D eigenvalue weighted by Crippen LogP contribution is 2.41. The van der Waals surface area contributed by atoms with E-state index in [4.69, 9.17) is 25.8 Å². The Morgan fingerprint density at radius 1 is 1.07 bits per heavy atom. The van der Waals surface area contributed by atoms with Crippen LogP contribution in [0.15, 0.2) is 47.4 Å². The van der Waals surface area contributed by atoms with Crippen molar-refractivity contribution in [3.05, 3.63) is 70.6 Å². The number of ether oxygens (including phenoxy) is 3. The molecule has 0 saturated carbocycles. The minimum absolute atomic E-state index is 0.0183. The lowest BCUT2D eigenvalue weighted by atomic mass is 10.2. The lowest BCUT2D eigenvalue weighted by molar-refractivity contribution is 0.0787. The number of benzene rings is 2. The van der Waals surface area contributed by atoms with Crippen molar-refractivity contribution >= 4 is 35.1 Å². The van der Waals surface area contributed by atoms with E-state index in [9.17, 15) is 4.39 Å². The molecule has 0 bridgehead atoms. The number of rotatable bonds is 10. The van der Waals surface area contributed by atoms with Crippen molar-refractivity contribution in [2.24, 2.45) is 0 Å². The normalized spacial score (nSPS) is 14.6. The van der Waals surface area contributed by atoms with E-state index in [0.29, 0.717) is 36.8 Å². The Kier molecular flexibility index (Phi) is 12.3. The minimum atomic E-state index is -0.898. The lowest BCUT2D eigenvalue weighted by Gasteiger charge is -2.25. The van der Waals surface area contributed by atoms with Crippen molar-refractivity contribution in [2.75, 3.05) is 64.3 Å². The third-order valence-corrected chi connectivity index (χ3v) is 7.40. The van der Waals surface area contributed by atoms with Crippen LogP contribution in [-0.2, 0) is 11.3 Å². The van der Waals surface area contributed by atoms with Crippen LogP contribution < -0.4 is 18.7 Å². The zero-order valence-corrected chi connectivity index (χ0v) is 25.7. The topological polar surface area (TPSA) is 50.3 Å². The van der Waals surface area contributed by atoms with Crippen LogP contribution in [-0.4, -0.2) is 71.0 Å². The fourth-order valence-electron chi connectivity index (χ4n) is 4.14. The second-order valence-electron chi connectivity index (χ2n) is 9.61. The molecule has 1 aliphatic heterocycles. The maximum absolute atomic E-state index is 15.5. The SMILES string of the molecule is CCOC1CCN(c2cc(F)c(SN(Cc3ccc(OC)cc3OC)c3cccc(F)n3)c(F)c2Cl)C1.CN(C)C. The molecule has 1 aromatic heterocycles. The van der Waals surface area contributed by atoms with Crippen molar-refractivity contribution in [2.45, 2.75) is 30.9 Å². The molecule has 1 fully saturated rings. The van der Waals surface area contributed by atoms with Crippen LogP contribution in [0.5, 0.6) is 11.5 Å². The molecule has 3 aromatic rings. The zero-order chi connectivity index (χ0) is 30.1. The molecular weight excluding hydrogens is 577 g/mol. The molecule has 7 nitrogen and oxygen atoms in total. The predicted octanol–water partition coefficient (Wildman–Crippen LogP) is 6.68. The van der Waals surface area contributed by atoms with E-state index >= 15 is 8.78 Å². The second-order valence-corrected chi connectivity index (χ2v) is 11.0. The number of anilines is 2. The Hall–Kier alpha value is -2.86. The number of aromatic nitrogens is 1. The predicted molar refractivity (Wildman–Crippen MR) is 159 cm³/mol. The van der Waals surface area contributed by atoms with E-state index in [1.807, 2.05) is 37.9 Å². The van der Waals surface area contributed by atoms with Crippen molar-refractivity contribution in [1.82, 2.24) is 9.88 Å². The Morgan fingerprint density at radius 3 is 2.44 bits per heavy atom. The number of hydrogen-bond acceptors (Lipinski definition) is 8. The summed E-state index contributed by atoms with van der Waals surface area (Å²) in [5.74, 6) is -1.17. The van der Waals surface area contributed by atoms with Crippen molar-refractivity contribution < 1.29 is 27.4 Å². The number of hydrogen-bond donors (Lipinski definition) is 0. The first kappa shape index (κ1) is 32.7.